The summed E-state index contributed by atoms with van der Waals surface area (Å²) in [4.78, 5) is 18.0. The van der Waals surface area contributed by atoms with Gasteiger partial charge in [-0.15, -0.1) is 13.2 Å². The van der Waals surface area contributed by atoms with E-state index in [1.807, 2.05) is 38.1 Å². The standard InChI is InChI=1S/C34H36F3N3O4S/c1-4-6-19-42-20-21-43-29-13-7-25(8-14-29)26-9-17-31(44-34(35,36)37)27(22-26)10-18-32(41)39-28-11-15-30(16-12-28)45-33-24(3)38-23-40(33)5-2/h7-18,22-23H,4-6,19-21H2,1-3H3,(H,39,41)/b18-10+. The van der Waals surface area contributed by atoms with Crippen molar-refractivity contribution in [3.8, 4) is 22.6 Å². The molecule has 1 heterocycles. The summed E-state index contributed by atoms with van der Waals surface area (Å²) < 4.78 is 56.9. The number of nitrogens with one attached hydrogen (secondary N) is 1. The van der Waals surface area contributed by atoms with Gasteiger partial charge < -0.3 is 24.1 Å². The summed E-state index contributed by atoms with van der Waals surface area (Å²) in [5.41, 5.74) is 2.98. The monoisotopic (exact) mass is 639 g/mol. The highest BCUT2D eigenvalue weighted by Crippen LogP contribution is 2.33. The van der Waals surface area contributed by atoms with E-state index >= 15 is 0 Å². The number of carbonyl (C=O) groups excluding carboxylic acids is 1. The van der Waals surface area contributed by atoms with Crippen molar-refractivity contribution in [3.63, 3.8) is 0 Å². The number of carbonyl (C=O) groups is 1. The fourth-order valence-corrected chi connectivity index (χ4v) is 5.27. The van der Waals surface area contributed by atoms with Gasteiger partial charge in [0.05, 0.1) is 18.6 Å². The van der Waals surface area contributed by atoms with Crippen LogP contribution in [0.3, 0.4) is 0 Å². The maximum Gasteiger partial charge on any atom is 0.573 e. The van der Waals surface area contributed by atoms with E-state index in [9.17, 15) is 18.0 Å². The van der Waals surface area contributed by atoms with E-state index in [2.05, 4.69) is 26.5 Å². The van der Waals surface area contributed by atoms with Crippen molar-refractivity contribution in [3.05, 3.63) is 90.4 Å². The molecule has 0 aliphatic heterocycles. The Bertz CT molecular complexity index is 1570. The zero-order chi connectivity index (χ0) is 32.2. The second kappa shape index (κ2) is 16.2. The van der Waals surface area contributed by atoms with Gasteiger partial charge in [-0.1, -0.05) is 43.3 Å². The first-order chi connectivity index (χ1) is 21.6. The highest BCUT2D eigenvalue weighted by Gasteiger charge is 2.32. The molecule has 0 bridgehead atoms. The molecule has 238 valence electrons. The number of hydrogen-bond acceptors (Lipinski definition) is 6. The lowest BCUT2D eigenvalue weighted by molar-refractivity contribution is -0.274. The van der Waals surface area contributed by atoms with Gasteiger partial charge in [-0.2, -0.15) is 0 Å². The quantitative estimate of drug-likeness (QED) is 0.104. The van der Waals surface area contributed by atoms with E-state index in [1.165, 1.54) is 30.4 Å². The Balaban J connectivity index is 1.42. The molecule has 1 N–H and O–H groups in total. The number of unbranched alkanes of at least 4 members (excludes halogenated alkanes) is 1. The van der Waals surface area contributed by atoms with E-state index in [0.717, 1.165) is 40.6 Å². The molecule has 0 aliphatic carbocycles. The third-order valence-electron chi connectivity index (χ3n) is 6.61. The van der Waals surface area contributed by atoms with Gasteiger partial charge in [0.1, 0.15) is 23.1 Å². The number of rotatable bonds is 15. The molecular weight excluding hydrogens is 603 g/mol. The predicted octanol–water partition coefficient (Wildman–Crippen LogP) is 8.78. The minimum atomic E-state index is -4.89. The van der Waals surface area contributed by atoms with Crippen LogP contribution in [0.15, 0.2) is 89.1 Å². The van der Waals surface area contributed by atoms with Crippen molar-refractivity contribution in [1.82, 2.24) is 9.55 Å². The van der Waals surface area contributed by atoms with Gasteiger partial charge >= 0.3 is 6.36 Å². The van der Waals surface area contributed by atoms with Crippen molar-refractivity contribution in [1.29, 1.82) is 0 Å². The number of anilines is 1. The van der Waals surface area contributed by atoms with Gasteiger partial charge in [-0.3, -0.25) is 4.79 Å². The molecular formula is C34H36F3N3O4S. The van der Waals surface area contributed by atoms with Crippen LogP contribution in [0, 0.1) is 6.92 Å². The van der Waals surface area contributed by atoms with Crippen LogP contribution in [-0.2, 0) is 16.1 Å². The van der Waals surface area contributed by atoms with Crippen LogP contribution in [0.1, 0.15) is 37.9 Å². The summed E-state index contributed by atoms with van der Waals surface area (Å²) >= 11 is 1.58. The summed E-state index contributed by atoms with van der Waals surface area (Å²) in [6.45, 7) is 8.51. The Hall–Kier alpha value is -4.22. The first kappa shape index (κ1) is 33.7. The largest absolute Gasteiger partial charge is 0.573 e. The number of imidazole rings is 1. The van der Waals surface area contributed by atoms with E-state index in [-0.39, 0.29) is 5.56 Å². The van der Waals surface area contributed by atoms with E-state index in [4.69, 9.17) is 9.47 Å². The lowest BCUT2D eigenvalue weighted by Gasteiger charge is -2.13. The first-order valence-corrected chi connectivity index (χ1v) is 15.5. The van der Waals surface area contributed by atoms with Crippen molar-refractivity contribution in [2.75, 3.05) is 25.1 Å². The average molecular weight is 640 g/mol. The molecule has 0 saturated carbocycles. The third-order valence-corrected chi connectivity index (χ3v) is 7.85. The molecule has 0 unspecified atom stereocenters. The lowest BCUT2D eigenvalue weighted by atomic mass is 10.0. The van der Waals surface area contributed by atoms with Crippen LogP contribution in [0.25, 0.3) is 17.2 Å². The van der Waals surface area contributed by atoms with Gasteiger partial charge in [0.2, 0.25) is 5.91 Å². The molecule has 1 aromatic heterocycles. The van der Waals surface area contributed by atoms with Gasteiger partial charge in [-0.25, -0.2) is 4.98 Å². The minimum Gasteiger partial charge on any atom is -0.491 e. The Kier molecular flexibility index (Phi) is 12.1. The van der Waals surface area contributed by atoms with E-state index in [0.29, 0.717) is 36.8 Å². The molecule has 45 heavy (non-hydrogen) atoms. The summed E-state index contributed by atoms with van der Waals surface area (Å²) in [7, 11) is 0. The Morgan fingerprint density at radius 3 is 2.40 bits per heavy atom. The normalized spacial score (nSPS) is 11.6. The van der Waals surface area contributed by atoms with Crippen LogP contribution < -0.4 is 14.8 Å². The molecule has 3 aromatic carbocycles. The molecule has 4 aromatic rings. The average Bonchev–Trinajstić information content (AvgIpc) is 3.37. The Morgan fingerprint density at radius 2 is 1.71 bits per heavy atom. The molecule has 0 aliphatic rings. The highest BCUT2D eigenvalue weighted by molar-refractivity contribution is 7.99. The number of halogens is 3. The Labute approximate surface area is 265 Å². The van der Waals surface area contributed by atoms with Gasteiger partial charge in [-0.05, 0) is 86.0 Å². The molecule has 0 saturated heterocycles. The fourth-order valence-electron chi connectivity index (χ4n) is 4.28. The maximum absolute atomic E-state index is 13.1. The zero-order valence-electron chi connectivity index (χ0n) is 25.4. The molecule has 4 rings (SSSR count). The summed E-state index contributed by atoms with van der Waals surface area (Å²) in [6, 6.07) is 18.8. The lowest BCUT2D eigenvalue weighted by Crippen LogP contribution is -2.17. The number of alkyl halides is 3. The van der Waals surface area contributed by atoms with Crippen LogP contribution in [0.2, 0.25) is 0 Å². The number of ether oxygens (including phenoxy) is 3. The number of amides is 1. The topological polar surface area (TPSA) is 74.6 Å². The number of aryl methyl sites for hydroxylation is 2. The zero-order valence-corrected chi connectivity index (χ0v) is 26.2. The molecule has 7 nitrogen and oxygen atoms in total. The van der Waals surface area contributed by atoms with Gasteiger partial charge in [0.15, 0.2) is 0 Å². The summed E-state index contributed by atoms with van der Waals surface area (Å²) in [5.74, 6) is -0.263. The number of aromatic nitrogens is 2. The van der Waals surface area contributed by atoms with Gasteiger partial charge in [0.25, 0.3) is 0 Å². The van der Waals surface area contributed by atoms with E-state index in [1.54, 1.807) is 42.4 Å². The molecule has 0 fully saturated rings. The van der Waals surface area contributed by atoms with Crippen LogP contribution in [0.5, 0.6) is 11.5 Å². The van der Waals surface area contributed by atoms with Crippen molar-refractivity contribution >= 4 is 29.4 Å². The number of benzene rings is 3. The summed E-state index contributed by atoms with van der Waals surface area (Å²) in [5, 5.41) is 3.79. The van der Waals surface area contributed by atoms with Crippen LogP contribution in [0.4, 0.5) is 18.9 Å². The summed E-state index contributed by atoms with van der Waals surface area (Å²) in [6.07, 6.45) is 1.46. The molecule has 0 radical (unpaired) electrons. The maximum atomic E-state index is 13.1. The first-order valence-electron chi connectivity index (χ1n) is 14.6. The fraction of sp³-hybridized carbons (Fsp3) is 0.294. The SMILES string of the molecule is CCCCOCCOc1ccc(-c2ccc(OC(F)(F)F)c(/C=C/C(=O)Nc3ccc(Sc4c(C)ncn4CC)cc3)c2)cc1. The Morgan fingerprint density at radius 1 is 0.978 bits per heavy atom. The third kappa shape index (κ3) is 10.4. The second-order valence-corrected chi connectivity index (χ2v) is 11.1. The van der Waals surface area contributed by atoms with Crippen molar-refractivity contribution in [2.45, 2.75) is 56.4 Å². The molecule has 1 amide bonds. The minimum absolute atomic E-state index is 0.0965. The van der Waals surface area contributed by atoms with Gasteiger partial charge in [0, 0.05) is 35.4 Å². The van der Waals surface area contributed by atoms with E-state index < -0.39 is 18.0 Å². The smallest absolute Gasteiger partial charge is 0.491 e. The molecule has 0 spiro atoms. The second-order valence-electron chi connectivity index (χ2n) is 10.0. The number of nitrogens with zero attached hydrogens (tertiary/aromatic N) is 2. The highest BCUT2D eigenvalue weighted by atomic mass is 32.2. The van der Waals surface area contributed by atoms with Crippen molar-refractivity contribution in [2.24, 2.45) is 0 Å². The van der Waals surface area contributed by atoms with Crippen molar-refractivity contribution < 1.29 is 32.2 Å². The predicted molar refractivity (Wildman–Crippen MR) is 171 cm³/mol. The van der Waals surface area contributed by atoms with Crippen LogP contribution >= 0.6 is 11.8 Å². The molecule has 11 heteroatoms. The van der Waals surface area contributed by atoms with Crippen LogP contribution in [-0.4, -0.2) is 41.6 Å². The molecule has 0 atom stereocenters. The number of hydrogen-bond donors (Lipinski definition) is 1.